The Morgan fingerprint density at radius 1 is 1.03 bits per heavy atom. The molecule has 13 heteroatoms. The number of carboxylic acid groups (broad SMARTS) is 2. The Bertz CT molecular complexity index is 1160. The van der Waals surface area contributed by atoms with Gasteiger partial charge in [-0.25, -0.2) is 18.0 Å². The van der Waals surface area contributed by atoms with Crippen LogP contribution in [0, 0.1) is 6.92 Å². The number of nitrogens with zero attached hydrogens (tertiary/aromatic N) is 2. The van der Waals surface area contributed by atoms with Crippen molar-refractivity contribution in [2.45, 2.75) is 24.9 Å². The molecule has 35 heavy (non-hydrogen) atoms. The number of carboxylic acids is 2. The summed E-state index contributed by atoms with van der Waals surface area (Å²) >= 11 is 0. The molecule has 0 unspecified atom stereocenters. The largest absolute Gasteiger partial charge is 0.490 e. The van der Waals surface area contributed by atoms with Crippen molar-refractivity contribution in [1.29, 1.82) is 0 Å². The van der Waals surface area contributed by atoms with Gasteiger partial charge < -0.3 is 20.0 Å². The molecule has 192 valence electrons. The van der Waals surface area contributed by atoms with Gasteiger partial charge in [0.15, 0.2) is 0 Å². The Labute approximate surface area is 200 Å². The molecule has 2 aromatic carbocycles. The third-order valence-corrected chi connectivity index (χ3v) is 6.81. The second-order valence-electron chi connectivity index (χ2n) is 7.63. The van der Waals surface area contributed by atoms with Gasteiger partial charge in [0.1, 0.15) is 0 Å². The molecule has 0 spiro atoms. The smallest absolute Gasteiger partial charge is 0.478 e. The maximum atomic E-state index is 12.7. The fraction of sp³-hybridized carbons (Fsp3) is 0.364. The van der Waals surface area contributed by atoms with Crippen molar-refractivity contribution in [2.75, 3.05) is 42.3 Å². The van der Waals surface area contributed by atoms with Gasteiger partial charge in [0, 0.05) is 31.9 Å². The molecular formula is C22H26F3N3O6S. The second-order valence-corrected chi connectivity index (χ2v) is 9.28. The van der Waals surface area contributed by atoms with E-state index in [2.05, 4.69) is 21.4 Å². The lowest BCUT2D eigenvalue weighted by Gasteiger charge is -2.35. The summed E-state index contributed by atoms with van der Waals surface area (Å²) in [5.41, 5.74) is 1.38. The fourth-order valence-corrected chi connectivity index (χ4v) is 4.70. The molecule has 1 heterocycles. The zero-order valence-electron chi connectivity index (χ0n) is 19.0. The van der Waals surface area contributed by atoms with Gasteiger partial charge in [-0.1, -0.05) is 25.1 Å². The number of piperazine rings is 1. The summed E-state index contributed by atoms with van der Waals surface area (Å²) in [6, 6.07) is 11.4. The van der Waals surface area contributed by atoms with E-state index in [1.807, 2.05) is 0 Å². The number of benzene rings is 2. The number of nitrogens with one attached hydrogen (secondary N) is 1. The molecule has 0 amide bonds. The predicted molar refractivity (Wildman–Crippen MR) is 123 cm³/mol. The Kier molecular flexibility index (Phi) is 9.10. The second kappa shape index (κ2) is 11.4. The van der Waals surface area contributed by atoms with Crippen molar-refractivity contribution in [3.8, 4) is 0 Å². The van der Waals surface area contributed by atoms with Gasteiger partial charge >= 0.3 is 18.1 Å². The number of aliphatic carboxylic acids is 1. The van der Waals surface area contributed by atoms with Gasteiger partial charge in [0.05, 0.1) is 16.1 Å². The molecule has 0 aromatic heterocycles. The Morgan fingerprint density at radius 3 is 2.09 bits per heavy atom. The number of aryl methyl sites for hydroxylation is 1. The molecule has 2 aromatic rings. The van der Waals surface area contributed by atoms with Gasteiger partial charge in [0.25, 0.3) is 10.0 Å². The van der Waals surface area contributed by atoms with E-state index >= 15 is 0 Å². The lowest BCUT2D eigenvalue weighted by atomic mass is 10.1. The number of anilines is 2. The summed E-state index contributed by atoms with van der Waals surface area (Å²) in [6.07, 6.45) is -5.08. The molecule has 3 N–H and O–H groups in total. The Morgan fingerprint density at radius 2 is 1.60 bits per heavy atom. The molecule has 0 bridgehead atoms. The summed E-state index contributed by atoms with van der Waals surface area (Å²) in [6.45, 7) is 8.26. The quantitative estimate of drug-likeness (QED) is 0.533. The van der Waals surface area contributed by atoms with Gasteiger partial charge in [-0.05, 0) is 43.3 Å². The number of hydrogen-bond acceptors (Lipinski definition) is 6. The van der Waals surface area contributed by atoms with Crippen LogP contribution >= 0.6 is 0 Å². The minimum absolute atomic E-state index is 0.0618. The van der Waals surface area contributed by atoms with E-state index in [1.165, 1.54) is 12.1 Å². The minimum Gasteiger partial charge on any atom is -0.478 e. The minimum atomic E-state index is -5.08. The highest BCUT2D eigenvalue weighted by Gasteiger charge is 2.38. The summed E-state index contributed by atoms with van der Waals surface area (Å²) in [5, 5.41) is 16.8. The van der Waals surface area contributed by atoms with E-state index in [1.54, 1.807) is 37.3 Å². The predicted octanol–water partition coefficient (Wildman–Crippen LogP) is 3.27. The van der Waals surface area contributed by atoms with Gasteiger partial charge in [-0.3, -0.25) is 4.72 Å². The lowest BCUT2D eigenvalue weighted by Crippen LogP contribution is -2.46. The summed E-state index contributed by atoms with van der Waals surface area (Å²) in [5.74, 6) is -3.93. The van der Waals surface area contributed by atoms with Crippen LogP contribution in [0.15, 0.2) is 47.4 Å². The molecular weight excluding hydrogens is 491 g/mol. The first-order chi connectivity index (χ1) is 16.3. The van der Waals surface area contributed by atoms with Crippen molar-refractivity contribution in [1.82, 2.24) is 4.90 Å². The number of alkyl halides is 3. The molecule has 1 aliphatic rings. The lowest BCUT2D eigenvalue weighted by molar-refractivity contribution is -0.192. The number of rotatable bonds is 6. The van der Waals surface area contributed by atoms with Crippen molar-refractivity contribution in [3.05, 3.63) is 53.6 Å². The summed E-state index contributed by atoms with van der Waals surface area (Å²) < 4.78 is 59.6. The molecule has 0 radical (unpaired) electrons. The van der Waals surface area contributed by atoms with E-state index in [0.717, 1.165) is 38.4 Å². The van der Waals surface area contributed by atoms with E-state index in [0.29, 0.717) is 5.56 Å². The molecule has 3 rings (SSSR count). The maximum Gasteiger partial charge on any atom is 0.490 e. The van der Waals surface area contributed by atoms with E-state index in [-0.39, 0.29) is 16.1 Å². The maximum absolute atomic E-state index is 12.7. The number of sulfonamides is 1. The van der Waals surface area contributed by atoms with E-state index in [9.17, 15) is 31.5 Å². The van der Waals surface area contributed by atoms with Gasteiger partial charge in [-0.2, -0.15) is 13.2 Å². The summed E-state index contributed by atoms with van der Waals surface area (Å²) in [4.78, 5) is 25.3. The monoisotopic (exact) mass is 517 g/mol. The number of carbonyl (C=O) groups is 2. The third kappa shape index (κ3) is 7.59. The first kappa shape index (κ1) is 27.9. The van der Waals surface area contributed by atoms with Crippen LogP contribution in [0.3, 0.4) is 0 Å². The molecule has 0 atom stereocenters. The molecule has 0 saturated carbocycles. The van der Waals surface area contributed by atoms with Crippen LogP contribution in [-0.4, -0.2) is 74.4 Å². The SMILES string of the molecule is CCN1CCN(c2ccc(NS(=O)(=O)c3ccccc3C)c(C(=O)O)c2)CC1.O=C(O)C(F)(F)F. The molecule has 1 fully saturated rings. The van der Waals surface area contributed by atoms with Gasteiger partial charge in [0.2, 0.25) is 0 Å². The van der Waals surface area contributed by atoms with Crippen molar-refractivity contribution in [3.63, 3.8) is 0 Å². The van der Waals surface area contributed by atoms with Crippen LogP contribution in [-0.2, 0) is 14.8 Å². The standard InChI is InChI=1S/C20H25N3O4S.C2HF3O2/c1-3-22-10-12-23(13-11-22)16-8-9-18(17(14-16)20(24)25)21-28(26,27)19-7-5-4-6-15(19)2;3-2(4,5)1(6)7/h4-9,14,21H,3,10-13H2,1-2H3,(H,24,25);(H,6,7). The Hall–Kier alpha value is -3.32. The van der Waals surface area contributed by atoms with Crippen LogP contribution in [0.5, 0.6) is 0 Å². The third-order valence-electron chi connectivity index (χ3n) is 5.29. The zero-order valence-corrected chi connectivity index (χ0v) is 19.9. The highest BCUT2D eigenvalue weighted by molar-refractivity contribution is 7.92. The van der Waals surface area contributed by atoms with E-state index in [4.69, 9.17) is 9.90 Å². The normalized spacial score (nSPS) is 14.6. The molecule has 9 nitrogen and oxygen atoms in total. The highest BCUT2D eigenvalue weighted by atomic mass is 32.2. The zero-order chi connectivity index (χ0) is 26.4. The number of aromatic carboxylic acids is 1. The van der Waals surface area contributed by atoms with Gasteiger partial charge in [-0.15, -0.1) is 0 Å². The number of halogens is 3. The van der Waals surface area contributed by atoms with Crippen LogP contribution in [0.1, 0.15) is 22.8 Å². The highest BCUT2D eigenvalue weighted by Crippen LogP contribution is 2.27. The molecule has 1 saturated heterocycles. The average molecular weight is 518 g/mol. The van der Waals surface area contributed by atoms with Crippen LogP contribution in [0.25, 0.3) is 0 Å². The van der Waals surface area contributed by atoms with Crippen LogP contribution in [0.2, 0.25) is 0 Å². The molecule has 1 aliphatic heterocycles. The summed E-state index contributed by atoms with van der Waals surface area (Å²) in [7, 11) is -3.88. The van der Waals surface area contributed by atoms with Crippen LogP contribution in [0.4, 0.5) is 24.5 Å². The van der Waals surface area contributed by atoms with Crippen molar-refractivity contribution >= 4 is 33.3 Å². The van der Waals surface area contributed by atoms with E-state index < -0.39 is 28.1 Å². The van der Waals surface area contributed by atoms with Crippen molar-refractivity contribution in [2.24, 2.45) is 0 Å². The molecule has 0 aliphatic carbocycles. The number of likely N-dealkylation sites (N-methyl/N-ethyl adjacent to an activating group) is 1. The number of hydrogen-bond donors (Lipinski definition) is 3. The average Bonchev–Trinajstić information content (AvgIpc) is 2.79. The van der Waals surface area contributed by atoms with Crippen molar-refractivity contribution < 1.29 is 41.4 Å². The first-order valence-corrected chi connectivity index (χ1v) is 12.0. The fourth-order valence-electron chi connectivity index (χ4n) is 3.37. The van der Waals surface area contributed by atoms with Crippen LogP contribution < -0.4 is 9.62 Å². The first-order valence-electron chi connectivity index (χ1n) is 10.5. The topological polar surface area (TPSA) is 127 Å². The Balaban J connectivity index is 0.000000540.